The molecule has 0 spiro atoms. The van der Waals surface area contributed by atoms with Crippen LogP contribution in [-0.4, -0.2) is 41.8 Å². The number of hydrogen-bond donors (Lipinski definition) is 1. The second-order valence-corrected chi connectivity index (χ2v) is 4.71. The standard InChI is InChI=1S/C9H16N2O2/c1-9(2,3)13-8(12)11-5-6-7(11)4-10-6/h6-7,10H,4-5H2,1-3H3. The first-order chi connectivity index (χ1) is 5.97. The maximum atomic E-state index is 11.5. The molecule has 2 heterocycles. The Morgan fingerprint density at radius 3 is 2.54 bits per heavy atom. The van der Waals surface area contributed by atoms with Gasteiger partial charge in [-0.05, 0) is 20.8 Å². The Hall–Kier alpha value is -0.770. The number of carbonyl (C=O) groups excluding carboxylic acids is 1. The van der Waals surface area contributed by atoms with Gasteiger partial charge in [-0.25, -0.2) is 4.79 Å². The zero-order chi connectivity index (χ0) is 9.64. The van der Waals surface area contributed by atoms with Gasteiger partial charge in [0.25, 0.3) is 0 Å². The number of likely N-dealkylation sites (tertiary alicyclic amines) is 1. The highest BCUT2D eigenvalue weighted by molar-refractivity contribution is 5.70. The van der Waals surface area contributed by atoms with Crippen molar-refractivity contribution >= 4 is 6.09 Å². The molecule has 74 valence electrons. The van der Waals surface area contributed by atoms with Crippen molar-refractivity contribution in [1.29, 1.82) is 0 Å². The Kier molecular flexibility index (Phi) is 1.77. The van der Waals surface area contributed by atoms with Crippen molar-refractivity contribution in [3.63, 3.8) is 0 Å². The zero-order valence-corrected chi connectivity index (χ0v) is 8.33. The number of piperazine rings is 1. The van der Waals surface area contributed by atoms with Gasteiger partial charge in [0.05, 0.1) is 6.04 Å². The van der Waals surface area contributed by atoms with Crippen molar-refractivity contribution in [3.8, 4) is 0 Å². The summed E-state index contributed by atoms with van der Waals surface area (Å²) in [6, 6.07) is 0.933. The summed E-state index contributed by atoms with van der Waals surface area (Å²) in [5, 5.41) is 3.24. The van der Waals surface area contributed by atoms with Crippen molar-refractivity contribution in [2.24, 2.45) is 0 Å². The third-order valence-corrected chi connectivity index (χ3v) is 2.48. The first-order valence-electron chi connectivity index (χ1n) is 4.70. The fourth-order valence-electron chi connectivity index (χ4n) is 1.64. The van der Waals surface area contributed by atoms with Crippen LogP contribution in [0.15, 0.2) is 0 Å². The zero-order valence-electron chi connectivity index (χ0n) is 8.33. The minimum absolute atomic E-state index is 0.171. The van der Waals surface area contributed by atoms with E-state index in [0.29, 0.717) is 12.1 Å². The first kappa shape index (κ1) is 8.81. The van der Waals surface area contributed by atoms with E-state index in [1.165, 1.54) is 0 Å². The molecule has 2 unspecified atom stereocenters. The van der Waals surface area contributed by atoms with Crippen LogP contribution in [0.3, 0.4) is 0 Å². The van der Waals surface area contributed by atoms with Crippen molar-refractivity contribution < 1.29 is 9.53 Å². The Balaban J connectivity index is 1.85. The molecule has 4 nitrogen and oxygen atoms in total. The van der Waals surface area contributed by atoms with Crippen LogP contribution in [-0.2, 0) is 4.74 Å². The van der Waals surface area contributed by atoms with Gasteiger partial charge in [0.2, 0.25) is 0 Å². The predicted molar refractivity (Wildman–Crippen MR) is 48.5 cm³/mol. The second-order valence-electron chi connectivity index (χ2n) is 4.71. The Morgan fingerprint density at radius 1 is 1.54 bits per heavy atom. The predicted octanol–water partition coefficient (Wildman–Crippen LogP) is 0.577. The van der Waals surface area contributed by atoms with Gasteiger partial charge in [-0.15, -0.1) is 0 Å². The lowest BCUT2D eigenvalue weighted by Crippen LogP contribution is -2.78. The molecule has 4 heteroatoms. The van der Waals surface area contributed by atoms with Crippen LogP contribution in [0.25, 0.3) is 0 Å². The minimum Gasteiger partial charge on any atom is -0.444 e. The largest absolute Gasteiger partial charge is 0.444 e. The number of fused-ring (bicyclic) bond motifs is 1. The normalized spacial score (nSPS) is 31.5. The van der Waals surface area contributed by atoms with Crippen LogP contribution >= 0.6 is 0 Å². The molecule has 2 fully saturated rings. The molecular formula is C9H16N2O2. The maximum absolute atomic E-state index is 11.5. The van der Waals surface area contributed by atoms with Crippen LogP contribution in [0.1, 0.15) is 20.8 Å². The smallest absolute Gasteiger partial charge is 0.410 e. The molecule has 2 aliphatic heterocycles. The van der Waals surface area contributed by atoms with Crippen LogP contribution in [0.5, 0.6) is 0 Å². The summed E-state index contributed by atoms with van der Waals surface area (Å²) in [5.41, 5.74) is -0.376. The maximum Gasteiger partial charge on any atom is 0.410 e. The van der Waals surface area contributed by atoms with E-state index in [9.17, 15) is 4.79 Å². The van der Waals surface area contributed by atoms with E-state index in [4.69, 9.17) is 4.74 Å². The molecule has 0 bridgehead atoms. The summed E-state index contributed by atoms with van der Waals surface area (Å²) in [7, 11) is 0. The number of nitrogens with zero attached hydrogens (tertiary/aromatic N) is 1. The van der Waals surface area contributed by atoms with Gasteiger partial charge in [0.1, 0.15) is 5.60 Å². The number of hydrogen-bond acceptors (Lipinski definition) is 3. The Bertz CT molecular complexity index is 234. The Labute approximate surface area is 78.2 Å². The highest BCUT2D eigenvalue weighted by atomic mass is 16.6. The molecule has 0 aromatic heterocycles. The van der Waals surface area contributed by atoms with Crippen molar-refractivity contribution in [1.82, 2.24) is 10.2 Å². The van der Waals surface area contributed by atoms with E-state index in [-0.39, 0.29) is 11.7 Å². The molecule has 2 rings (SSSR count). The third-order valence-electron chi connectivity index (χ3n) is 2.48. The van der Waals surface area contributed by atoms with Crippen LogP contribution in [0.4, 0.5) is 4.79 Å². The molecule has 2 aliphatic rings. The summed E-state index contributed by atoms with van der Waals surface area (Å²) in [6.45, 7) is 7.40. The van der Waals surface area contributed by atoms with Gasteiger partial charge in [-0.3, -0.25) is 0 Å². The molecule has 0 aromatic rings. The fourth-order valence-corrected chi connectivity index (χ4v) is 1.64. The third kappa shape index (κ3) is 1.50. The Morgan fingerprint density at radius 2 is 2.23 bits per heavy atom. The second kappa shape index (κ2) is 2.61. The van der Waals surface area contributed by atoms with Crippen LogP contribution < -0.4 is 5.32 Å². The molecule has 1 N–H and O–H groups in total. The van der Waals surface area contributed by atoms with E-state index in [0.717, 1.165) is 13.1 Å². The van der Waals surface area contributed by atoms with Gasteiger partial charge < -0.3 is 15.0 Å². The SMILES string of the molecule is CC(C)(C)OC(=O)N1CC2NCC21. The summed E-state index contributed by atoms with van der Waals surface area (Å²) < 4.78 is 5.25. The van der Waals surface area contributed by atoms with Gasteiger partial charge in [0, 0.05) is 19.1 Å². The monoisotopic (exact) mass is 184 g/mol. The molecular weight excluding hydrogens is 168 g/mol. The van der Waals surface area contributed by atoms with Crippen LogP contribution in [0, 0.1) is 0 Å². The van der Waals surface area contributed by atoms with E-state index in [1.54, 1.807) is 4.90 Å². The van der Waals surface area contributed by atoms with Gasteiger partial charge in [-0.2, -0.15) is 0 Å². The average molecular weight is 184 g/mol. The summed E-state index contributed by atoms with van der Waals surface area (Å²) >= 11 is 0. The van der Waals surface area contributed by atoms with E-state index in [2.05, 4.69) is 5.32 Å². The topological polar surface area (TPSA) is 41.6 Å². The molecule has 13 heavy (non-hydrogen) atoms. The molecule has 2 saturated heterocycles. The molecule has 0 radical (unpaired) electrons. The lowest BCUT2D eigenvalue weighted by atomic mass is 9.89. The van der Waals surface area contributed by atoms with E-state index in [1.807, 2.05) is 20.8 Å². The van der Waals surface area contributed by atoms with Crippen molar-refractivity contribution in [2.75, 3.05) is 13.1 Å². The minimum atomic E-state index is -0.376. The van der Waals surface area contributed by atoms with Crippen molar-refractivity contribution in [2.45, 2.75) is 38.5 Å². The van der Waals surface area contributed by atoms with Gasteiger partial charge >= 0.3 is 6.09 Å². The highest BCUT2D eigenvalue weighted by Gasteiger charge is 2.49. The number of carbonyl (C=O) groups is 1. The molecule has 2 atom stereocenters. The van der Waals surface area contributed by atoms with Gasteiger partial charge in [0.15, 0.2) is 0 Å². The lowest BCUT2D eigenvalue weighted by molar-refractivity contribution is -0.0445. The quantitative estimate of drug-likeness (QED) is 0.598. The van der Waals surface area contributed by atoms with Gasteiger partial charge in [-0.1, -0.05) is 0 Å². The average Bonchev–Trinajstić information content (AvgIpc) is 1.91. The molecule has 0 aromatic carbocycles. The number of ether oxygens (including phenoxy) is 1. The highest BCUT2D eigenvalue weighted by Crippen LogP contribution is 2.26. The van der Waals surface area contributed by atoms with E-state index >= 15 is 0 Å². The summed E-state index contributed by atoms with van der Waals surface area (Å²) in [4.78, 5) is 13.3. The molecule has 1 amide bonds. The number of amides is 1. The fraction of sp³-hybridized carbons (Fsp3) is 0.889. The molecule has 0 saturated carbocycles. The van der Waals surface area contributed by atoms with Crippen molar-refractivity contribution in [3.05, 3.63) is 0 Å². The first-order valence-corrected chi connectivity index (χ1v) is 4.70. The molecule has 0 aliphatic carbocycles. The lowest BCUT2D eigenvalue weighted by Gasteiger charge is -2.55. The number of nitrogens with one attached hydrogen (secondary N) is 1. The summed E-state index contributed by atoms with van der Waals surface area (Å²) in [5.74, 6) is 0. The van der Waals surface area contributed by atoms with E-state index < -0.39 is 0 Å². The summed E-state index contributed by atoms with van der Waals surface area (Å²) in [6.07, 6.45) is -0.171. The number of rotatable bonds is 0. The van der Waals surface area contributed by atoms with Crippen LogP contribution in [0.2, 0.25) is 0 Å².